The molecule has 1 N–H and O–H groups in total. The lowest BCUT2D eigenvalue weighted by molar-refractivity contribution is -0.135. The van der Waals surface area contributed by atoms with Crippen molar-refractivity contribution < 1.29 is 33.9 Å². The lowest BCUT2D eigenvalue weighted by Gasteiger charge is -2.08. The van der Waals surface area contributed by atoms with Crippen molar-refractivity contribution in [1.29, 1.82) is 0 Å². The molecule has 0 radical (unpaired) electrons. The Labute approximate surface area is 119 Å². The number of halogens is 4. The van der Waals surface area contributed by atoms with Crippen LogP contribution in [0.2, 0.25) is 0 Å². The lowest BCUT2D eigenvalue weighted by atomic mass is 10.3. The van der Waals surface area contributed by atoms with Crippen LogP contribution in [-0.4, -0.2) is 29.6 Å². The molecule has 0 aromatic heterocycles. The van der Waals surface area contributed by atoms with E-state index >= 15 is 0 Å². The average Bonchev–Trinajstić information content (AvgIpc) is 2.33. The molecule has 0 aliphatic heterocycles. The van der Waals surface area contributed by atoms with E-state index in [2.05, 4.69) is 0 Å². The topological polar surface area (TPSA) is 80.3 Å². The first kappa shape index (κ1) is 17.9. The van der Waals surface area contributed by atoms with Crippen LogP contribution >= 0.6 is 0 Å². The van der Waals surface area contributed by atoms with Crippen molar-refractivity contribution in [3.05, 3.63) is 24.3 Å². The predicted octanol–water partition coefficient (Wildman–Crippen LogP) is 1.97. The van der Waals surface area contributed by atoms with Crippen molar-refractivity contribution in [2.24, 2.45) is 0 Å². The van der Waals surface area contributed by atoms with Gasteiger partial charge in [-0.2, -0.15) is 21.6 Å². The third kappa shape index (κ3) is 5.98. The summed E-state index contributed by atoms with van der Waals surface area (Å²) in [6, 6.07) is 3.46. The van der Waals surface area contributed by atoms with Gasteiger partial charge in [0.25, 0.3) is 0 Å². The van der Waals surface area contributed by atoms with Crippen LogP contribution in [0.25, 0.3) is 0 Å². The second kappa shape index (κ2) is 6.28. The second-order valence-electron chi connectivity index (χ2n) is 4.03. The zero-order valence-electron chi connectivity index (χ0n) is 10.4. The van der Waals surface area contributed by atoms with Gasteiger partial charge >= 0.3 is 16.4 Å². The number of benzene rings is 1. The van der Waals surface area contributed by atoms with E-state index in [1.54, 1.807) is 0 Å². The Kier molecular flexibility index (Phi) is 5.34. The predicted molar refractivity (Wildman–Crippen MR) is 65.2 cm³/mol. The molecule has 1 aromatic rings. The minimum absolute atomic E-state index is 0.468. The summed E-state index contributed by atoms with van der Waals surface area (Å²) < 4.78 is 95.1. The molecule has 120 valence electrons. The van der Waals surface area contributed by atoms with E-state index in [4.69, 9.17) is 0 Å². The quantitative estimate of drug-likeness (QED) is 0.484. The molecule has 0 bridgehead atoms. The smallest absolute Gasteiger partial charge is 0.211 e. The molecule has 0 saturated heterocycles. The largest absolute Gasteiger partial charge is 0.389 e. The monoisotopic (exact) mass is 349 g/mol. The summed E-state index contributed by atoms with van der Waals surface area (Å²) in [5.41, 5.74) is 0. The zero-order chi connectivity index (χ0) is 16.3. The van der Waals surface area contributed by atoms with Crippen LogP contribution in [0, 0.1) is 0 Å². The van der Waals surface area contributed by atoms with Gasteiger partial charge in [-0.15, -0.1) is 3.89 Å². The van der Waals surface area contributed by atoms with Crippen LogP contribution < -0.4 is 4.72 Å². The Morgan fingerprint density at radius 3 is 2.14 bits per heavy atom. The number of rotatable bonds is 6. The Morgan fingerprint density at radius 1 is 1.05 bits per heavy atom. The molecule has 0 fully saturated rings. The standard InChI is InChI=1S/C10H11F4NO4S2/c11-10(12,13)5-2-6-15-21(18,19)9-4-1-3-8(7-9)20(14,16)17/h1,3-4,7,15H,2,5-6H2. The molecular weight excluding hydrogens is 338 g/mol. The lowest BCUT2D eigenvalue weighted by Crippen LogP contribution is -2.26. The van der Waals surface area contributed by atoms with Gasteiger partial charge in [0.05, 0.1) is 9.79 Å². The van der Waals surface area contributed by atoms with Crippen LogP contribution in [0.4, 0.5) is 17.1 Å². The van der Waals surface area contributed by atoms with E-state index in [0.717, 1.165) is 18.2 Å². The number of nitrogens with one attached hydrogen (secondary N) is 1. The van der Waals surface area contributed by atoms with Gasteiger partial charge in [-0.3, -0.25) is 0 Å². The highest BCUT2D eigenvalue weighted by Crippen LogP contribution is 2.21. The van der Waals surface area contributed by atoms with Crippen LogP contribution in [0.5, 0.6) is 0 Å². The molecule has 0 aliphatic carbocycles. The van der Waals surface area contributed by atoms with Crippen molar-refractivity contribution in [1.82, 2.24) is 4.72 Å². The van der Waals surface area contributed by atoms with Crippen molar-refractivity contribution >= 4 is 20.2 Å². The first-order valence-corrected chi connectivity index (χ1v) is 8.40. The number of hydrogen-bond acceptors (Lipinski definition) is 4. The summed E-state index contributed by atoms with van der Waals surface area (Å²) in [5.74, 6) is 0. The van der Waals surface area contributed by atoms with Crippen molar-refractivity contribution in [2.75, 3.05) is 6.54 Å². The first-order chi connectivity index (χ1) is 9.42. The van der Waals surface area contributed by atoms with Crippen LogP contribution in [0.1, 0.15) is 12.8 Å². The van der Waals surface area contributed by atoms with Gasteiger partial charge in [-0.05, 0) is 24.6 Å². The molecule has 0 atom stereocenters. The molecule has 0 saturated carbocycles. The van der Waals surface area contributed by atoms with Gasteiger partial charge in [0.15, 0.2) is 0 Å². The minimum Gasteiger partial charge on any atom is -0.211 e. The van der Waals surface area contributed by atoms with Gasteiger partial charge in [0, 0.05) is 13.0 Å². The van der Waals surface area contributed by atoms with Gasteiger partial charge in [0.1, 0.15) is 0 Å². The summed E-state index contributed by atoms with van der Waals surface area (Å²) >= 11 is 0. The maximum atomic E-state index is 12.8. The third-order valence-electron chi connectivity index (χ3n) is 2.33. The highest BCUT2D eigenvalue weighted by Gasteiger charge is 2.26. The SMILES string of the molecule is O=S(=O)(F)c1cccc(S(=O)(=O)NCCCC(F)(F)F)c1. The Morgan fingerprint density at radius 2 is 1.62 bits per heavy atom. The molecule has 0 aliphatic rings. The Balaban J connectivity index is 2.80. The van der Waals surface area contributed by atoms with Crippen LogP contribution in [0.15, 0.2) is 34.1 Å². The molecule has 11 heteroatoms. The summed E-state index contributed by atoms with van der Waals surface area (Å²) in [5, 5.41) is 0. The molecule has 5 nitrogen and oxygen atoms in total. The highest BCUT2D eigenvalue weighted by molar-refractivity contribution is 7.89. The van der Waals surface area contributed by atoms with Gasteiger partial charge in [0.2, 0.25) is 10.0 Å². The van der Waals surface area contributed by atoms with E-state index in [1.165, 1.54) is 0 Å². The first-order valence-electron chi connectivity index (χ1n) is 5.53. The van der Waals surface area contributed by atoms with E-state index in [-0.39, 0.29) is 0 Å². The Hall–Kier alpha value is -1.20. The fourth-order valence-electron chi connectivity index (χ4n) is 1.37. The second-order valence-corrected chi connectivity index (χ2v) is 7.14. The summed E-state index contributed by atoms with van der Waals surface area (Å²) in [6.45, 7) is -0.478. The van der Waals surface area contributed by atoms with Crippen molar-refractivity contribution in [3.63, 3.8) is 0 Å². The molecule has 0 spiro atoms. The number of sulfonamides is 1. The van der Waals surface area contributed by atoms with E-state index in [1.807, 2.05) is 4.72 Å². The molecule has 21 heavy (non-hydrogen) atoms. The Bertz CT molecular complexity index is 698. The van der Waals surface area contributed by atoms with Crippen molar-refractivity contribution in [2.45, 2.75) is 28.8 Å². The maximum absolute atomic E-state index is 12.8. The third-order valence-corrected chi connectivity index (χ3v) is 4.60. The number of hydrogen-bond donors (Lipinski definition) is 1. The normalized spacial score (nSPS) is 13.3. The van der Waals surface area contributed by atoms with E-state index in [9.17, 15) is 33.9 Å². The summed E-state index contributed by atoms with van der Waals surface area (Å²) in [6.07, 6.45) is -6.02. The molecule has 0 amide bonds. The fraction of sp³-hybridized carbons (Fsp3) is 0.400. The molecular formula is C10H11F4NO4S2. The van der Waals surface area contributed by atoms with Gasteiger partial charge < -0.3 is 0 Å². The summed E-state index contributed by atoms with van der Waals surface area (Å²) in [4.78, 5) is -1.39. The molecule has 0 unspecified atom stereocenters. The van der Waals surface area contributed by atoms with Gasteiger partial charge in [-0.25, -0.2) is 13.1 Å². The summed E-state index contributed by atoms with van der Waals surface area (Å²) in [7, 11) is -9.28. The van der Waals surface area contributed by atoms with E-state index < -0.39 is 55.6 Å². The van der Waals surface area contributed by atoms with E-state index in [0.29, 0.717) is 6.07 Å². The molecule has 1 rings (SSSR count). The highest BCUT2D eigenvalue weighted by atomic mass is 32.3. The van der Waals surface area contributed by atoms with Crippen molar-refractivity contribution in [3.8, 4) is 0 Å². The van der Waals surface area contributed by atoms with Gasteiger partial charge in [-0.1, -0.05) is 6.07 Å². The minimum atomic E-state index is -5.07. The maximum Gasteiger partial charge on any atom is 0.389 e. The number of alkyl halides is 3. The molecule has 1 aromatic carbocycles. The zero-order valence-corrected chi connectivity index (χ0v) is 12.0. The average molecular weight is 349 g/mol. The molecule has 0 heterocycles. The van der Waals surface area contributed by atoms with Crippen LogP contribution in [-0.2, 0) is 20.2 Å². The fourth-order valence-corrected chi connectivity index (χ4v) is 3.07. The van der Waals surface area contributed by atoms with Crippen LogP contribution in [0.3, 0.4) is 0 Å².